The zero-order valence-electron chi connectivity index (χ0n) is 11.0. The van der Waals surface area contributed by atoms with Gasteiger partial charge < -0.3 is 14.8 Å². The van der Waals surface area contributed by atoms with Gasteiger partial charge >= 0.3 is 0 Å². The van der Waals surface area contributed by atoms with Gasteiger partial charge in [-0.1, -0.05) is 5.21 Å². The third kappa shape index (κ3) is 5.12. The first-order valence-electron chi connectivity index (χ1n) is 6.57. The van der Waals surface area contributed by atoms with E-state index in [0.717, 1.165) is 38.4 Å². The molecule has 0 bridgehead atoms. The van der Waals surface area contributed by atoms with Crippen LogP contribution in [0.2, 0.25) is 0 Å². The van der Waals surface area contributed by atoms with Gasteiger partial charge in [0.15, 0.2) is 0 Å². The van der Waals surface area contributed by atoms with Crippen molar-refractivity contribution in [2.45, 2.75) is 38.4 Å². The molecule has 0 saturated heterocycles. The number of nitrogens with one attached hydrogen (secondary N) is 1. The van der Waals surface area contributed by atoms with Crippen molar-refractivity contribution >= 4 is 0 Å². The lowest BCUT2D eigenvalue weighted by molar-refractivity contribution is 0.0958. The van der Waals surface area contributed by atoms with Crippen LogP contribution < -0.4 is 5.32 Å². The second kappa shape index (κ2) is 7.45. The maximum Gasteiger partial charge on any atom is 0.0964 e. The predicted molar refractivity (Wildman–Crippen MR) is 67.2 cm³/mol. The van der Waals surface area contributed by atoms with Crippen molar-refractivity contribution in [1.82, 2.24) is 20.3 Å². The lowest BCUT2D eigenvalue weighted by Gasteiger charge is -2.03. The van der Waals surface area contributed by atoms with Gasteiger partial charge in [-0.05, 0) is 19.3 Å². The van der Waals surface area contributed by atoms with Gasteiger partial charge in [0.05, 0.1) is 18.8 Å². The summed E-state index contributed by atoms with van der Waals surface area (Å²) in [7, 11) is 1.70. The van der Waals surface area contributed by atoms with E-state index in [-0.39, 0.29) is 0 Å². The summed E-state index contributed by atoms with van der Waals surface area (Å²) in [5, 5.41) is 11.6. The summed E-state index contributed by atoms with van der Waals surface area (Å²) < 4.78 is 12.3. The Labute approximate surface area is 108 Å². The van der Waals surface area contributed by atoms with Crippen molar-refractivity contribution in [3.05, 3.63) is 11.9 Å². The first-order chi connectivity index (χ1) is 8.88. The SMILES string of the molecule is COCCCOCCn1cc(CNC2CC2)nn1. The highest BCUT2D eigenvalue weighted by Gasteiger charge is 2.20. The highest BCUT2D eigenvalue weighted by atomic mass is 16.5. The minimum atomic E-state index is 0.669. The van der Waals surface area contributed by atoms with E-state index in [0.29, 0.717) is 12.6 Å². The molecule has 1 N–H and O–H groups in total. The molecule has 6 nitrogen and oxygen atoms in total. The van der Waals surface area contributed by atoms with Crippen LogP contribution in [-0.4, -0.2) is 48.0 Å². The molecule has 0 aromatic carbocycles. The molecule has 1 aromatic heterocycles. The van der Waals surface area contributed by atoms with Crippen LogP contribution in [0.3, 0.4) is 0 Å². The molecule has 0 aliphatic heterocycles. The van der Waals surface area contributed by atoms with Crippen LogP contribution in [0.15, 0.2) is 6.20 Å². The van der Waals surface area contributed by atoms with Crippen LogP contribution >= 0.6 is 0 Å². The summed E-state index contributed by atoms with van der Waals surface area (Å²) in [5.74, 6) is 0. The van der Waals surface area contributed by atoms with Crippen LogP contribution in [0.1, 0.15) is 25.0 Å². The number of aromatic nitrogens is 3. The van der Waals surface area contributed by atoms with Gasteiger partial charge in [-0.25, -0.2) is 4.68 Å². The smallest absolute Gasteiger partial charge is 0.0964 e. The minimum Gasteiger partial charge on any atom is -0.385 e. The molecule has 0 amide bonds. The standard InChI is InChI=1S/C12H22N4O2/c1-17-6-2-7-18-8-5-16-10-12(14-15-16)9-13-11-3-4-11/h10-11,13H,2-9H2,1H3. The van der Waals surface area contributed by atoms with E-state index >= 15 is 0 Å². The number of ether oxygens (including phenoxy) is 2. The molecular formula is C12H22N4O2. The zero-order chi connectivity index (χ0) is 12.6. The molecule has 1 saturated carbocycles. The average molecular weight is 254 g/mol. The van der Waals surface area contributed by atoms with Crippen molar-refractivity contribution in [2.24, 2.45) is 0 Å². The molecule has 0 unspecified atom stereocenters. The number of rotatable bonds is 10. The van der Waals surface area contributed by atoms with E-state index in [1.54, 1.807) is 7.11 Å². The van der Waals surface area contributed by atoms with E-state index in [1.165, 1.54) is 12.8 Å². The lowest BCUT2D eigenvalue weighted by Crippen LogP contribution is -2.15. The highest BCUT2D eigenvalue weighted by Crippen LogP contribution is 2.18. The van der Waals surface area contributed by atoms with Gasteiger partial charge in [0, 0.05) is 39.1 Å². The largest absolute Gasteiger partial charge is 0.385 e. The first-order valence-corrected chi connectivity index (χ1v) is 6.57. The van der Waals surface area contributed by atoms with Crippen molar-refractivity contribution < 1.29 is 9.47 Å². The Kier molecular flexibility index (Phi) is 5.57. The Balaban J connectivity index is 1.54. The summed E-state index contributed by atoms with van der Waals surface area (Å²) in [6.45, 7) is 3.73. The molecule has 18 heavy (non-hydrogen) atoms. The van der Waals surface area contributed by atoms with Crippen LogP contribution in [0.25, 0.3) is 0 Å². The Morgan fingerprint density at radius 3 is 3.06 bits per heavy atom. The molecule has 1 heterocycles. The van der Waals surface area contributed by atoms with Gasteiger partial charge in [0.25, 0.3) is 0 Å². The van der Waals surface area contributed by atoms with E-state index in [2.05, 4.69) is 15.6 Å². The van der Waals surface area contributed by atoms with Crippen molar-refractivity contribution in [3.8, 4) is 0 Å². The first kappa shape index (κ1) is 13.5. The minimum absolute atomic E-state index is 0.669. The van der Waals surface area contributed by atoms with Crippen LogP contribution in [-0.2, 0) is 22.6 Å². The molecule has 1 aliphatic carbocycles. The molecular weight excluding hydrogens is 232 g/mol. The van der Waals surface area contributed by atoms with E-state index in [9.17, 15) is 0 Å². The normalized spacial score (nSPS) is 15.2. The third-order valence-corrected chi connectivity index (χ3v) is 2.84. The quantitative estimate of drug-likeness (QED) is 0.619. The predicted octanol–water partition coefficient (Wildman–Crippen LogP) is 0.583. The zero-order valence-corrected chi connectivity index (χ0v) is 11.0. The average Bonchev–Trinajstić information content (AvgIpc) is 3.11. The van der Waals surface area contributed by atoms with Gasteiger partial charge in [-0.3, -0.25) is 0 Å². The fraction of sp³-hybridized carbons (Fsp3) is 0.833. The maximum absolute atomic E-state index is 5.47. The second-order valence-electron chi connectivity index (χ2n) is 4.59. The number of hydrogen-bond donors (Lipinski definition) is 1. The van der Waals surface area contributed by atoms with Gasteiger partial charge in [0.1, 0.15) is 0 Å². The topological polar surface area (TPSA) is 61.2 Å². The molecule has 102 valence electrons. The molecule has 1 aromatic rings. The maximum atomic E-state index is 5.47. The second-order valence-corrected chi connectivity index (χ2v) is 4.59. The molecule has 6 heteroatoms. The van der Waals surface area contributed by atoms with Crippen molar-refractivity contribution in [2.75, 3.05) is 26.9 Å². The Hall–Kier alpha value is -0.980. The van der Waals surface area contributed by atoms with Crippen LogP contribution in [0.5, 0.6) is 0 Å². The number of hydrogen-bond acceptors (Lipinski definition) is 5. The van der Waals surface area contributed by atoms with Crippen molar-refractivity contribution in [1.29, 1.82) is 0 Å². The monoisotopic (exact) mass is 254 g/mol. The number of methoxy groups -OCH3 is 1. The Morgan fingerprint density at radius 2 is 2.28 bits per heavy atom. The van der Waals surface area contributed by atoms with E-state index in [1.807, 2.05) is 10.9 Å². The summed E-state index contributed by atoms with van der Waals surface area (Å²) >= 11 is 0. The molecule has 1 fully saturated rings. The van der Waals surface area contributed by atoms with Gasteiger partial charge in [0.2, 0.25) is 0 Å². The van der Waals surface area contributed by atoms with E-state index < -0.39 is 0 Å². The Morgan fingerprint density at radius 1 is 1.39 bits per heavy atom. The molecule has 1 aliphatic rings. The highest BCUT2D eigenvalue weighted by molar-refractivity contribution is 4.94. The van der Waals surface area contributed by atoms with Gasteiger partial charge in [-0.15, -0.1) is 5.10 Å². The number of nitrogens with zero attached hydrogens (tertiary/aromatic N) is 3. The van der Waals surface area contributed by atoms with Crippen LogP contribution in [0, 0.1) is 0 Å². The summed E-state index contributed by atoms with van der Waals surface area (Å²) in [4.78, 5) is 0. The molecule has 0 radical (unpaired) electrons. The third-order valence-electron chi connectivity index (χ3n) is 2.84. The molecule has 2 rings (SSSR count). The van der Waals surface area contributed by atoms with Crippen molar-refractivity contribution in [3.63, 3.8) is 0 Å². The Bertz CT molecular complexity index is 339. The summed E-state index contributed by atoms with van der Waals surface area (Å²) in [6.07, 6.45) is 5.51. The van der Waals surface area contributed by atoms with E-state index in [4.69, 9.17) is 9.47 Å². The fourth-order valence-corrected chi connectivity index (χ4v) is 1.63. The summed E-state index contributed by atoms with van der Waals surface area (Å²) in [6, 6.07) is 0.708. The summed E-state index contributed by atoms with van der Waals surface area (Å²) in [5.41, 5.74) is 1.00. The molecule has 0 atom stereocenters. The van der Waals surface area contributed by atoms with Crippen LogP contribution in [0.4, 0.5) is 0 Å². The van der Waals surface area contributed by atoms with Gasteiger partial charge in [-0.2, -0.15) is 0 Å². The fourth-order valence-electron chi connectivity index (χ4n) is 1.63. The molecule has 0 spiro atoms. The lowest BCUT2D eigenvalue weighted by atomic mass is 10.4.